The van der Waals surface area contributed by atoms with Crippen molar-refractivity contribution in [2.45, 2.75) is 32.9 Å². The fourth-order valence-corrected chi connectivity index (χ4v) is 3.43. The number of ether oxygens (including phenoxy) is 2. The number of hydrogen-bond donors (Lipinski definition) is 1. The van der Waals surface area contributed by atoms with Crippen LogP contribution in [-0.4, -0.2) is 38.3 Å². The third-order valence-corrected chi connectivity index (χ3v) is 5.06. The van der Waals surface area contributed by atoms with E-state index in [0.717, 1.165) is 47.6 Å². The largest absolute Gasteiger partial charge is 0.497 e. The average molecular weight is 357 g/mol. The third kappa shape index (κ3) is 3.71. The maximum Gasteiger partial charge on any atom is 0.128 e. The number of benzene rings is 1. The van der Waals surface area contributed by atoms with Crippen molar-refractivity contribution < 1.29 is 9.47 Å². The zero-order chi connectivity index (χ0) is 15.6. The summed E-state index contributed by atoms with van der Waals surface area (Å²) < 4.78 is 11.8. The molecule has 1 heterocycles. The van der Waals surface area contributed by atoms with Gasteiger partial charge in [-0.05, 0) is 17.9 Å². The number of likely N-dealkylation sites (tertiary alicyclic amines) is 1. The highest BCUT2D eigenvalue weighted by atomic mass is 79.9. The van der Waals surface area contributed by atoms with Crippen LogP contribution in [0.4, 0.5) is 0 Å². The molecule has 2 N–H and O–H groups in total. The number of rotatable bonds is 4. The summed E-state index contributed by atoms with van der Waals surface area (Å²) in [6.45, 7) is 7.35. The standard InChI is InChI=1S/C16H25BrN2O2/c1-16(2)10-19(6-5-15(16)18)9-12-13(17)7-11(20-3)8-14(12)21-4/h7-8,15H,5-6,9-10,18H2,1-4H3. The fourth-order valence-electron chi connectivity index (χ4n) is 2.88. The molecule has 1 aromatic carbocycles. The van der Waals surface area contributed by atoms with Gasteiger partial charge in [-0.15, -0.1) is 0 Å². The number of nitrogens with two attached hydrogens (primary N) is 1. The number of piperidine rings is 1. The summed E-state index contributed by atoms with van der Waals surface area (Å²) in [5.74, 6) is 1.65. The third-order valence-electron chi connectivity index (χ3n) is 4.36. The van der Waals surface area contributed by atoms with Crippen molar-refractivity contribution in [2.75, 3.05) is 27.3 Å². The molecule has 0 amide bonds. The Hall–Kier alpha value is -0.780. The second-order valence-electron chi connectivity index (χ2n) is 6.38. The van der Waals surface area contributed by atoms with Gasteiger partial charge >= 0.3 is 0 Å². The molecule has 21 heavy (non-hydrogen) atoms. The minimum absolute atomic E-state index is 0.143. The number of hydrogen-bond acceptors (Lipinski definition) is 4. The first-order valence-corrected chi connectivity index (χ1v) is 8.05. The van der Waals surface area contributed by atoms with Gasteiger partial charge in [0.2, 0.25) is 0 Å². The lowest BCUT2D eigenvalue weighted by Gasteiger charge is -2.42. The Morgan fingerprint density at radius 3 is 2.62 bits per heavy atom. The number of halogens is 1. The fraction of sp³-hybridized carbons (Fsp3) is 0.625. The van der Waals surface area contributed by atoms with Crippen molar-refractivity contribution >= 4 is 15.9 Å². The molecular weight excluding hydrogens is 332 g/mol. The second-order valence-corrected chi connectivity index (χ2v) is 7.24. The molecule has 0 spiro atoms. The van der Waals surface area contributed by atoms with Crippen LogP contribution >= 0.6 is 15.9 Å². The zero-order valence-electron chi connectivity index (χ0n) is 13.3. The minimum Gasteiger partial charge on any atom is -0.497 e. The topological polar surface area (TPSA) is 47.7 Å². The van der Waals surface area contributed by atoms with E-state index in [9.17, 15) is 0 Å². The molecule has 1 fully saturated rings. The molecule has 1 aromatic rings. The molecule has 1 unspecified atom stereocenters. The average Bonchev–Trinajstić information content (AvgIpc) is 2.44. The van der Waals surface area contributed by atoms with Crippen molar-refractivity contribution in [1.82, 2.24) is 4.90 Å². The van der Waals surface area contributed by atoms with Gasteiger partial charge in [-0.2, -0.15) is 0 Å². The smallest absolute Gasteiger partial charge is 0.128 e. The summed E-state index contributed by atoms with van der Waals surface area (Å²) in [6.07, 6.45) is 1.03. The van der Waals surface area contributed by atoms with Gasteiger partial charge in [0.1, 0.15) is 11.5 Å². The molecule has 0 aromatic heterocycles. The Balaban J connectivity index is 2.20. The first kappa shape index (κ1) is 16.6. The van der Waals surface area contributed by atoms with Crippen LogP contribution < -0.4 is 15.2 Å². The van der Waals surface area contributed by atoms with Gasteiger partial charge in [0.25, 0.3) is 0 Å². The molecule has 0 radical (unpaired) electrons. The van der Waals surface area contributed by atoms with E-state index in [4.69, 9.17) is 15.2 Å². The van der Waals surface area contributed by atoms with Crippen molar-refractivity contribution in [3.63, 3.8) is 0 Å². The lowest BCUT2D eigenvalue weighted by molar-refractivity contribution is 0.0890. The molecule has 1 atom stereocenters. The first-order chi connectivity index (χ1) is 9.87. The van der Waals surface area contributed by atoms with E-state index in [1.54, 1.807) is 14.2 Å². The van der Waals surface area contributed by atoms with Crippen LogP contribution in [0.2, 0.25) is 0 Å². The van der Waals surface area contributed by atoms with Gasteiger partial charge in [-0.25, -0.2) is 0 Å². The van der Waals surface area contributed by atoms with Crippen LogP contribution in [-0.2, 0) is 6.54 Å². The molecule has 5 heteroatoms. The van der Waals surface area contributed by atoms with Gasteiger partial charge in [0.15, 0.2) is 0 Å². The van der Waals surface area contributed by atoms with Crippen LogP contribution in [0, 0.1) is 5.41 Å². The Kier molecular flexibility index (Phi) is 5.17. The molecule has 4 nitrogen and oxygen atoms in total. The van der Waals surface area contributed by atoms with Crippen LogP contribution in [0.5, 0.6) is 11.5 Å². The van der Waals surface area contributed by atoms with Crippen molar-refractivity contribution in [3.05, 3.63) is 22.2 Å². The maximum absolute atomic E-state index is 6.21. The summed E-state index contributed by atoms with van der Waals surface area (Å²) in [7, 11) is 3.36. The highest BCUT2D eigenvalue weighted by Gasteiger charge is 2.33. The summed E-state index contributed by atoms with van der Waals surface area (Å²) in [4.78, 5) is 2.44. The quantitative estimate of drug-likeness (QED) is 0.900. The minimum atomic E-state index is 0.143. The SMILES string of the molecule is COc1cc(Br)c(CN2CCC(N)C(C)(C)C2)c(OC)c1. The van der Waals surface area contributed by atoms with Gasteiger partial charge in [-0.1, -0.05) is 29.8 Å². The molecule has 1 saturated heterocycles. The lowest BCUT2D eigenvalue weighted by Crippen LogP contribution is -2.52. The molecule has 0 aliphatic carbocycles. The van der Waals surface area contributed by atoms with Crippen LogP contribution in [0.3, 0.4) is 0 Å². The number of methoxy groups -OCH3 is 2. The van der Waals surface area contributed by atoms with E-state index in [-0.39, 0.29) is 11.5 Å². The predicted molar refractivity (Wildman–Crippen MR) is 88.9 cm³/mol. The second kappa shape index (κ2) is 6.55. The molecule has 0 bridgehead atoms. The Morgan fingerprint density at radius 1 is 1.33 bits per heavy atom. The summed E-state index contributed by atoms with van der Waals surface area (Å²) in [6, 6.07) is 4.19. The summed E-state index contributed by atoms with van der Waals surface area (Å²) in [5.41, 5.74) is 7.52. The summed E-state index contributed by atoms with van der Waals surface area (Å²) >= 11 is 3.64. The molecule has 1 aliphatic rings. The van der Waals surface area contributed by atoms with E-state index >= 15 is 0 Å². The Morgan fingerprint density at radius 2 is 2.05 bits per heavy atom. The number of nitrogens with zero attached hydrogens (tertiary/aromatic N) is 1. The van der Waals surface area contributed by atoms with E-state index in [1.807, 2.05) is 12.1 Å². The Labute approximate surface area is 135 Å². The van der Waals surface area contributed by atoms with Gasteiger partial charge < -0.3 is 15.2 Å². The zero-order valence-corrected chi connectivity index (χ0v) is 14.9. The lowest BCUT2D eigenvalue weighted by atomic mass is 9.79. The molecular formula is C16H25BrN2O2. The molecule has 2 rings (SSSR count). The Bertz CT molecular complexity index is 505. The molecule has 118 valence electrons. The van der Waals surface area contributed by atoms with E-state index in [0.29, 0.717) is 0 Å². The van der Waals surface area contributed by atoms with Crippen LogP contribution in [0.1, 0.15) is 25.8 Å². The maximum atomic E-state index is 6.21. The van der Waals surface area contributed by atoms with Gasteiger partial charge in [0, 0.05) is 41.8 Å². The van der Waals surface area contributed by atoms with Gasteiger partial charge in [-0.3, -0.25) is 4.90 Å². The van der Waals surface area contributed by atoms with Gasteiger partial charge in [0.05, 0.1) is 14.2 Å². The molecule has 1 aliphatic heterocycles. The van der Waals surface area contributed by atoms with Crippen molar-refractivity contribution in [1.29, 1.82) is 0 Å². The predicted octanol–water partition coefficient (Wildman–Crippen LogP) is 3.03. The highest BCUT2D eigenvalue weighted by molar-refractivity contribution is 9.10. The first-order valence-electron chi connectivity index (χ1n) is 7.25. The summed E-state index contributed by atoms with van der Waals surface area (Å²) in [5, 5.41) is 0. The van der Waals surface area contributed by atoms with E-state index < -0.39 is 0 Å². The van der Waals surface area contributed by atoms with Crippen LogP contribution in [0.15, 0.2) is 16.6 Å². The van der Waals surface area contributed by atoms with E-state index in [2.05, 4.69) is 34.7 Å². The molecule has 0 saturated carbocycles. The van der Waals surface area contributed by atoms with Crippen molar-refractivity contribution in [2.24, 2.45) is 11.1 Å². The van der Waals surface area contributed by atoms with Crippen LogP contribution in [0.25, 0.3) is 0 Å². The highest BCUT2D eigenvalue weighted by Crippen LogP contribution is 2.35. The van der Waals surface area contributed by atoms with Crippen molar-refractivity contribution in [3.8, 4) is 11.5 Å². The monoisotopic (exact) mass is 356 g/mol. The normalized spacial score (nSPS) is 22.1. The van der Waals surface area contributed by atoms with E-state index in [1.165, 1.54) is 0 Å².